The highest BCUT2D eigenvalue weighted by Crippen LogP contribution is 2.33. The molecule has 10 nitrogen and oxygen atoms in total. The van der Waals surface area contributed by atoms with Gasteiger partial charge in [-0.25, -0.2) is 9.80 Å². The van der Waals surface area contributed by atoms with Crippen LogP contribution in [0, 0.1) is 0 Å². The molecule has 4 rings (SSSR count). The largest absolute Gasteiger partial charge is 0.497 e. The molecule has 3 amide bonds. The molecule has 0 unspecified atom stereocenters. The molecule has 2 aromatic rings. The lowest BCUT2D eigenvalue weighted by molar-refractivity contribution is -0.134. The first kappa shape index (κ1) is 25.7. The van der Waals surface area contributed by atoms with E-state index >= 15 is 0 Å². The van der Waals surface area contributed by atoms with E-state index in [2.05, 4.69) is 15.3 Å². The van der Waals surface area contributed by atoms with Gasteiger partial charge in [0, 0.05) is 38.6 Å². The number of hydrazone groups is 1. The summed E-state index contributed by atoms with van der Waals surface area (Å²) in [6.45, 7) is 7.81. The molecule has 3 heterocycles. The summed E-state index contributed by atoms with van der Waals surface area (Å²) in [5.41, 5.74) is 1.68. The second-order valence-corrected chi connectivity index (χ2v) is 9.23. The summed E-state index contributed by atoms with van der Waals surface area (Å²) in [5, 5.41) is 9.07. The van der Waals surface area contributed by atoms with E-state index in [-0.39, 0.29) is 30.6 Å². The Morgan fingerprint density at radius 3 is 2.58 bits per heavy atom. The minimum atomic E-state index is -0.376. The lowest BCUT2D eigenvalue weighted by Crippen LogP contribution is -2.50. The van der Waals surface area contributed by atoms with Crippen LogP contribution < -0.4 is 10.1 Å². The van der Waals surface area contributed by atoms with Crippen LogP contribution in [0.3, 0.4) is 0 Å². The second-order valence-electron chi connectivity index (χ2n) is 9.23. The van der Waals surface area contributed by atoms with E-state index in [1.807, 2.05) is 44.2 Å². The van der Waals surface area contributed by atoms with E-state index in [0.29, 0.717) is 38.5 Å². The van der Waals surface area contributed by atoms with Crippen LogP contribution in [-0.2, 0) is 9.53 Å². The molecule has 10 heteroatoms. The Morgan fingerprint density at radius 2 is 1.94 bits per heavy atom. The van der Waals surface area contributed by atoms with Crippen LogP contribution in [0.4, 0.5) is 4.79 Å². The number of urea groups is 1. The molecule has 1 atom stereocenters. The van der Waals surface area contributed by atoms with Gasteiger partial charge in [-0.05, 0) is 55.8 Å². The third-order valence-electron chi connectivity index (χ3n) is 6.28. The highest BCUT2D eigenvalue weighted by Gasteiger charge is 2.36. The second kappa shape index (κ2) is 12.0. The zero-order valence-corrected chi connectivity index (χ0v) is 21.2. The van der Waals surface area contributed by atoms with Gasteiger partial charge in [0.05, 0.1) is 32.3 Å². The third-order valence-corrected chi connectivity index (χ3v) is 6.28. The smallest absolute Gasteiger partial charge is 0.318 e. The van der Waals surface area contributed by atoms with Crippen molar-refractivity contribution in [1.82, 2.24) is 20.1 Å². The number of furan rings is 1. The van der Waals surface area contributed by atoms with Crippen molar-refractivity contribution in [3.63, 3.8) is 0 Å². The van der Waals surface area contributed by atoms with Crippen molar-refractivity contribution in [2.24, 2.45) is 5.10 Å². The van der Waals surface area contributed by atoms with Gasteiger partial charge < -0.3 is 24.1 Å². The highest BCUT2D eigenvalue weighted by atomic mass is 16.5. The highest BCUT2D eigenvalue weighted by molar-refractivity contribution is 6.03. The Labute approximate surface area is 211 Å². The SMILES string of the molecule is COc1ccc(C2=NN(C(=O)CN(CCN3CCOCC3)C(=O)NC(C)C)[C@H](c3ccco3)C2)cc1. The molecule has 1 saturated heterocycles. The van der Waals surface area contributed by atoms with Gasteiger partial charge in [0.1, 0.15) is 24.1 Å². The molecule has 1 aromatic heterocycles. The number of carbonyl (C=O) groups is 2. The fraction of sp³-hybridized carbons (Fsp3) is 0.500. The average molecular weight is 498 g/mol. The molecule has 0 radical (unpaired) electrons. The van der Waals surface area contributed by atoms with Crippen LogP contribution in [0.15, 0.2) is 52.2 Å². The van der Waals surface area contributed by atoms with Crippen LogP contribution >= 0.6 is 0 Å². The summed E-state index contributed by atoms with van der Waals surface area (Å²) < 4.78 is 16.3. The predicted octanol–water partition coefficient (Wildman–Crippen LogP) is 2.72. The number of hydrogen-bond acceptors (Lipinski definition) is 7. The molecule has 0 saturated carbocycles. The number of methoxy groups -OCH3 is 1. The Hall–Kier alpha value is -3.37. The lowest BCUT2D eigenvalue weighted by atomic mass is 10.0. The Bertz CT molecular complexity index is 1030. The molecular formula is C26H35N5O5. The number of morpholine rings is 1. The standard InChI is InChI=1S/C26H35N5O5/c1-19(2)27-26(33)30(11-10-29-12-15-35-16-13-29)18-25(32)31-23(24-5-4-14-36-24)17-22(28-31)20-6-8-21(34-3)9-7-20/h4-9,14,19,23H,10-13,15-18H2,1-3H3,(H,27,33)/t23-/m0/s1. The predicted molar refractivity (Wildman–Crippen MR) is 135 cm³/mol. The number of carbonyl (C=O) groups excluding carboxylic acids is 2. The molecule has 194 valence electrons. The number of nitrogens with zero attached hydrogens (tertiary/aromatic N) is 4. The molecule has 0 bridgehead atoms. The lowest BCUT2D eigenvalue weighted by Gasteiger charge is -2.31. The zero-order chi connectivity index (χ0) is 25.5. The summed E-state index contributed by atoms with van der Waals surface area (Å²) in [4.78, 5) is 30.4. The molecule has 2 aliphatic rings. The van der Waals surface area contributed by atoms with Crippen LogP contribution in [-0.4, -0.2) is 91.5 Å². The topological polar surface area (TPSA) is 99.9 Å². The van der Waals surface area contributed by atoms with E-state index in [9.17, 15) is 9.59 Å². The van der Waals surface area contributed by atoms with Gasteiger partial charge in [-0.3, -0.25) is 9.69 Å². The van der Waals surface area contributed by atoms with Gasteiger partial charge in [-0.1, -0.05) is 0 Å². The molecule has 0 aliphatic carbocycles. The van der Waals surface area contributed by atoms with Crippen molar-refractivity contribution in [2.75, 3.05) is 53.0 Å². The van der Waals surface area contributed by atoms with E-state index in [1.165, 1.54) is 5.01 Å². The Balaban J connectivity index is 1.52. The van der Waals surface area contributed by atoms with Crippen molar-refractivity contribution in [3.8, 4) is 5.75 Å². The minimum Gasteiger partial charge on any atom is -0.497 e. The molecule has 2 aliphatic heterocycles. The van der Waals surface area contributed by atoms with Crippen molar-refractivity contribution in [1.29, 1.82) is 0 Å². The molecule has 1 N–H and O–H groups in total. The first-order valence-electron chi connectivity index (χ1n) is 12.4. The van der Waals surface area contributed by atoms with E-state index in [1.54, 1.807) is 24.3 Å². The van der Waals surface area contributed by atoms with Crippen LogP contribution in [0.1, 0.15) is 37.6 Å². The van der Waals surface area contributed by atoms with Gasteiger partial charge in [0.25, 0.3) is 5.91 Å². The monoisotopic (exact) mass is 497 g/mol. The molecule has 1 fully saturated rings. The van der Waals surface area contributed by atoms with Crippen molar-refractivity contribution in [2.45, 2.75) is 32.4 Å². The Kier molecular flexibility index (Phi) is 8.61. The number of benzene rings is 1. The first-order chi connectivity index (χ1) is 17.4. The number of hydrogen-bond donors (Lipinski definition) is 1. The summed E-state index contributed by atoms with van der Waals surface area (Å²) in [6.07, 6.45) is 2.10. The zero-order valence-electron chi connectivity index (χ0n) is 21.2. The number of ether oxygens (including phenoxy) is 2. The number of amides is 3. The normalized spacial score (nSPS) is 18.3. The summed E-state index contributed by atoms with van der Waals surface area (Å²) in [6, 6.07) is 10.6. The van der Waals surface area contributed by atoms with Crippen molar-refractivity contribution >= 4 is 17.6 Å². The minimum absolute atomic E-state index is 0.0409. The maximum absolute atomic E-state index is 13.6. The molecule has 36 heavy (non-hydrogen) atoms. The molecule has 0 spiro atoms. The van der Waals surface area contributed by atoms with Crippen molar-refractivity contribution in [3.05, 3.63) is 54.0 Å². The molecule has 1 aromatic carbocycles. The van der Waals surface area contributed by atoms with E-state index < -0.39 is 0 Å². The summed E-state index contributed by atoms with van der Waals surface area (Å²) in [7, 11) is 1.62. The maximum Gasteiger partial charge on any atom is 0.318 e. The van der Waals surface area contributed by atoms with Gasteiger partial charge in [-0.15, -0.1) is 0 Å². The fourth-order valence-corrected chi connectivity index (χ4v) is 4.31. The maximum atomic E-state index is 13.6. The van der Waals surface area contributed by atoms with Gasteiger partial charge in [0.2, 0.25) is 0 Å². The van der Waals surface area contributed by atoms with Crippen LogP contribution in [0.2, 0.25) is 0 Å². The van der Waals surface area contributed by atoms with Crippen LogP contribution in [0.25, 0.3) is 0 Å². The van der Waals surface area contributed by atoms with Crippen LogP contribution in [0.5, 0.6) is 5.75 Å². The quantitative estimate of drug-likeness (QED) is 0.572. The summed E-state index contributed by atoms with van der Waals surface area (Å²) >= 11 is 0. The number of nitrogens with one attached hydrogen (secondary N) is 1. The average Bonchev–Trinajstić information content (AvgIpc) is 3.57. The van der Waals surface area contributed by atoms with Crippen molar-refractivity contribution < 1.29 is 23.5 Å². The Morgan fingerprint density at radius 1 is 1.19 bits per heavy atom. The van der Waals surface area contributed by atoms with E-state index in [4.69, 9.17) is 13.9 Å². The van der Waals surface area contributed by atoms with Gasteiger partial charge in [0.15, 0.2) is 0 Å². The van der Waals surface area contributed by atoms with Gasteiger partial charge in [-0.2, -0.15) is 5.10 Å². The van der Waals surface area contributed by atoms with Gasteiger partial charge >= 0.3 is 6.03 Å². The third kappa shape index (κ3) is 6.44. The number of rotatable bonds is 9. The first-order valence-corrected chi connectivity index (χ1v) is 12.4. The van der Waals surface area contributed by atoms with E-state index in [0.717, 1.165) is 30.1 Å². The summed E-state index contributed by atoms with van der Waals surface area (Å²) in [5.74, 6) is 1.14. The fourth-order valence-electron chi connectivity index (χ4n) is 4.31. The molecular weight excluding hydrogens is 462 g/mol.